The van der Waals surface area contributed by atoms with Crippen LogP contribution in [0.15, 0.2) is 18.2 Å². The SMILES string of the molecule is CC1(O)CCCN(c2ccc(N)cc2Cl)C1. The summed E-state index contributed by atoms with van der Waals surface area (Å²) in [4.78, 5) is 2.12. The number of hydrogen-bond acceptors (Lipinski definition) is 3. The molecule has 1 atom stereocenters. The summed E-state index contributed by atoms with van der Waals surface area (Å²) >= 11 is 6.15. The van der Waals surface area contributed by atoms with Gasteiger partial charge in [-0.2, -0.15) is 0 Å². The molecule has 1 aliphatic heterocycles. The summed E-state index contributed by atoms with van der Waals surface area (Å²) < 4.78 is 0. The number of nitrogen functional groups attached to an aromatic ring is 1. The van der Waals surface area contributed by atoms with E-state index in [0.29, 0.717) is 17.3 Å². The van der Waals surface area contributed by atoms with Crippen LogP contribution in [0.4, 0.5) is 11.4 Å². The fourth-order valence-corrected chi connectivity index (χ4v) is 2.51. The molecule has 1 heterocycles. The van der Waals surface area contributed by atoms with Crippen molar-refractivity contribution in [3.05, 3.63) is 23.2 Å². The minimum atomic E-state index is -0.622. The standard InChI is InChI=1S/C12H17ClN2O/c1-12(16)5-2-6-15(8-12)11-4-3-9(14)7-10(11)13/h3-4,7,16H,2,5-6,8,14H2,1H3. The molecule has 1 aromatic carbocycles. The summed E-state index contributed by atoms with van der Waals surface area (Å²) in [7, 11) is 0. The fraction of sp³-hybridized carbons (Fsp3) is 0.500. The summed E-state index contributed by atoms with van der Waals surface area (Å²) in [5, 5.41) is 10.7. The first-order chi connectivity index (χ1) is 7.48. The molecule has 0 aromatic heterocycles. The van der Waals surface area contributed by atoms with Gasteiger partial charge in [0.15, 0.2) is 0 Å². The predicted octanol–water partition coefficient (Wildman–Crippen LogP) is 2.27. The van der Waals surface area contributed by atoms with E-state index in [2.05, 4.69) is 4.90 Å². The number of anilines is 2. The molecule has 2 rings (SSSR count). The lowest BCUT2D eigenvalue weighted by molar-refractivity contribution is 0.0449. The van der Waals surface area contributed by atoms with Gasteiger partial charge >= 0.3 is 0 Å². The highest BCUT2D eigenvalue weighted by Gasteiger charge is 2.29. The van der Waals surface area contributed by atoms with Crippen LogP contribution in [0.2, 0.25) is 5.02 Å². The maximum Gasteiger partial charge on any atom is 0.0794 e. The maximum atomic E-state index is 10.0. The van der Waals surface area contributed by atoms with Crippen LogP contribution in [0.5, 0.6) is 0 Å². The van der Waals surface area contributed by atoms with Crippen LogP contribution in [0.3, 0.4) is 0 Å². The van der Waals surface area contributed by atoms with E-state index in [1.54, 1.807) is 6.07 Å². The van der Waals surface area contributed by atoms with E-state index in [1.807, 2.05) is 19.1 Å². The van der Waals surface area contributed by atoms with Crippen molar-refractivity contribution in [1.82, 2.24) is 0 Å². The van der Waals surface area contributed by atoms with Crippen LogP contribution >= 0.6 is 11.6 Å². The zero-order chi connectivity index (χ0) is 11.8. The highest BCUT2D eigenvalue weighted by atomic mass is 35.5. The van der Waals surface area contributed by atoms with Crippen LogP contribution in [0.1, 0.15) is 19.8 Å². The second-order valence-corrected chi connectivity index (χ2v) is 5.14. The first-order valence-corrected chi connectivity index (χ1v) is 5.88. The Kier molecular flexibility index (Phi) is 3.00. The van der Waals surface area contributed by atoms with Crippen molar-refractivity contribution in [2.24, 2.45) is 0 Å². The molecule has 1 saturated heterocycles. The molecule has 0 saturated carbocycles. The molecule has 1 fully saturated rings. The molecule has 0 radical (unpaired) electrons. The van der Waals surface area contributed by atoms with E-state index in [9.17, 15) is 5.11 Å². The Morgan fingerprint density at radius 3 is 2.88 bits per heavy atom. The van der Waals surface area contributed by atoms with Gasteiger partial charge in [-0.05, 0) is 38.0 Å². The second-order valence-electron chi connectivity index (χ2n) is 4.73. The largest absolute Gasteiger partial charge is 0.399 e. The van der Waals surface area contributed by atoms with Crippen molar-refractivity contribution in [1.29, 1.82) is 0 Å². The molecule has 1 aliphatic rings. The first kappa shape index (κ1) is 11.6. The van der Waals surface area contributed by atoms with E-state index in [0.717, 1.165) is 25.1 Å². The summed E-state index contributed by atoms with van der Waals surface area (Å²) in [6.07, 6.45) is 1.82. The zero-order valence-corrected chi connectivity index (χ0v) is 10.2. The van der Waals surface area contributed by atoms with Gasteiger partial charge in [0, 0.05) is 18.8 Å². The van der Waals surface area contributed by atoms with Gasteiger partial charge in [0.05, 0.1) is 16.3 Å². The van der Waals surface area contributed by atoms with Crippen molar-refractivity contribution < 1.29 is 5.11 Å². The average Bonchev–Trinajstić information content (AvgIpc) is 2.15. The Bertz CT molecular complexity index is 393. The van der Waals surface area contributed by atoms with Crippen LogP contribution in [-0.4, -0.2) is 23.8 Å². The van der Waals surface area contributed by atoms with Gasteiger partial charge in [0.1, 0.15) is 0 Å². The molecular formula is C12H17ClN2O. The number of benzene rings is 1. The lowest BCUT2D eigenvalue weighted by Gasteiger charge is -2.38. The Morgan fingerprint density at radius 2 is 2.25 bits per heavy atom. The first-order valence-electron chi connectivity index (χ1n) is 5.50. The quantitative estimate of drug-likeness (QED) is 0.741. The molecule has 88 valence electrons. The Morgan fingerprint density at radius 1 is 1.50 bits per heavy atom. The van der Waals surface area contributed by atoms with E-state index < -0.39 is 5.60 Å². The van der Waals surface area contributed by atoms with Gasteiger partial charge in [-0.25, -0.2) is 0 Å². The number of halogens is 1. The van der Waals surface area contributed by atoms with E-state index in [4.69, 9.17) is 17.3 Å². The van der Waals surface area contributed by atoms with Gasteiger partial charge in [0.25, 0.3) is 0 Å². The predicted molar refractivity (Wildman–Crippen MR) is 67.9 cm³/mol. The lowest BCUT2D eigenvalue weighted by atomic mass is 9.95. The van der Waals surface area contributed by atoms with Crippen LogP contribution in [0, 0.1) is 0 Å². The third-order valence-electron chi connectivity index (χ3n) is 2.99. The van der Waals surface area contributed by atoms with Crippen molar-refractivity contribution in [2.45, 2.75) is 25.4 Å². The van der Waals surface area contributed by atoms with Crippen molar-refractivity contribution >= 4 is 23.0 Å². The molecular weight excluding hydrogens is 224 g/mol. The smallest absolute Gasteiger partial charge is 0.0794 e. The monoisotopic (exact) mass is 240 g/mol. The number of aliphatic hydroxyl groups is 1. The third-order valence-corrected chi connectivity index (χ3v) is 3.29. The van der Waals surface area contributed by atoms with Crippen molar-refractivity contribution in [2.75, 3.05) is 23.7 Å². The molecule has 0 bridgehead atoms. The Balaban J connectivity index is 2.23. The van der Waals surface area contributed by atoms with Crippen molar-refractivity contribution in [3.63, 3.8) is 0 Å². The van der Waals surface area contributed by atoms with Crippen LogP contribution < -0.4 is 10.6 Å². The summed E-state index contributed by atoms with van der Waals surface area (Å²) in [5.74, 6) is 0. The number of hydrogen-bond donors (Lipinski definition) is 2. The fourth-order valence-electron chi connectivity index (χ4n) is 2.21. The summed E-state index contributed by atoms with van der Waals surface area (Å²) in [6, 6.07) is 5.50. The van der Waals surface area contributed by atoms with E-state index >= 15 is 0 Å². The Labute approximate surface area is 101 Å². The highest BCUT2D eigenvalue weighted by molar-refractivity contribution is 6.33. The molecule has 0 aliphatic carbocycles. The van der Waals surface area contributed by atoms with Gasteiger partial charge in [-0.1, -0.05) is 11.6 Å². The van der Waals surface area contributed by atoms with Crippen LogP contribution in [0.25, 0.3) is 0 Å². The van der Waals surface area contributed by atoms with Gasteiger partial charge in [-0.3, -0.25) is 0 Å². The molecule has 0 spiro atoms. The minimum Gasteiger partial charge on any atom is -0.399 e. The topological polar surface area (TPSA) is 49.5 Å². The number of β-amino-alcohol motifs (C(OH)–C–C–N with tert-alkyl or cyclic N) is 1. The molecule has 16 heavy (non-hydrogen) atoms. The molecule has 0 amide bonds. The number of piperidine rings is 1. The van der Waals surface area contributed by atoms with E-state index in [-0.39, 0.29) is 0 Å². The van der Waals surface area contributed by atoms with Gasteiger partial charge < -0.3 is 15.7 Å². The second kappa shape index (κ2) is 4.15. The highest BCUT2D eigenvalue weighted by Crippen LogP contribution is 2.32. The molecule has 3 N–H and O–H groups in total. The average molecular weight is 241 g/mol. The minimum absolute atomic E-state index is 0.622. The zero-order valence-electron chi connectivity index (χ0n) is 9.41. The molecule has 3 nitrogen and oxygen atoms in total. The summed E-state index contributed by atoms with van der Waals surface area (Å²) in [6.45, 7) is 3.42. The molecule has 1 unspecified atom stereocenters. The summed E-state index contributed by atoms with van der Waals surface area (Å²) in [5.41, 5.74) is 6.65. The number of rotatable bonds is 1. The normalized spacial score (nSPS) is 25.8. The number of nitrogens with zero attached hydrogens (tertiary/aromatic N) is 1. The van der Waals surface area contributed by atoms with Crippen LogP contribution in [-0.2, 0) is 0 Å². The third kappa shape index (κ3) is 2.42. The lowest BCUT2D eigenvalue weighted by Crippen LogP contribution is -2.46. The Hall–Kier alpha value is -0.930. The van der Waals surface area contributed by atoms with E-state index in [1.165, 1.54) is 0 Å². The van der Waals surface area contributed by atoms with Crippen molar-refractivity contribution in [3.8, 4) is 0 Å². The maximum absolute atomic E-state index is 10.0. The number of nitrogens with two attached hydrogens (primary N) is 1. The van der Waals surface area contributed by atoms with Gasteiger partial charge in [0.2, 0.25) is 0 Å². The molecule has 4 heteroatoms. The molecule has 1 aromatic rings. The van der Waals surface area contributed by atoms with Gasteiger partial charge in [-0.15, -0.1) is 0 Å².